The Kier molecular flexibility index (Phi) is 9.45. The van der Waals surface area contributed by atoms with Gasteiger partial charge < -0.3 is 16.0 Å². The third kappa shape index (κ3) is 7.35. The third-order valence-corrected chi connectivity index (χ3v) is 5.56. The molecule has 0 unspecified atom stereocenters. The highest BCUT2D eigenvalue weighted by Crippen LogP contribution is 2.28. The lowest BCUT2D eigenvalue weighted by atomic mass is 9.80. The number of halogens is 1. The first-order chi connectivity index (χ1) is 14.0. The number of rotatable bonds is 10. The molecular weight excluding hydrogens is 390 g/mol. The molecule has 0 aromatic heterocycles. The average molecular weight is 422 g/mol. The van der Waals surface area contributed by atoms with Gasteiger partial charge in [0.1, 0.15) is 5.54 Å². The number of carbonyl (C=O) groups excluding carboxylic acids is 3. The first-order valence-corrected chi connectivity index (χ1v) is 11.0. The van der Waals surface area contributed by atoms with Gasteiger partial charge in [0, 0.05) is 30.1 Å². The summed E-state index contributed by atoms with van der Waals surface area (Å²) in [6.45, 7) is 3.12. The van der Waals surface area contributed by atoms with Crippen molar-refractivity contribution in [1.82, 2.24) is 16.0 Å². The Bertz CT molecular complexity index is 685. The molecule has 0 bridgehead atoms. The summed E-state index contributed by atoms with van der Waals surface area (Å²) >= 11 is 5.82. The Balaban J connectivity index is 1.78. The lowest BCUT2D eigenvalue weighted by molar-refractivity contribution is -0.135. The second-order valence-corrected chi connectivity index (χ2v) is 8.10. The van der Waals surface area contributed by atoms with Crippen LogP contribution in [0.4, 0.5) is 0 Å². The second kappa shape index (κ2) is 11.8. The highest BCUT2D eigenvalue weighted by atomic mass is 35.5. The summed E-state index contributed by atoms with van der Waals surface area (Å²) < 4.78 is 0. The molecule has 1 saturated carbocycles. The number of carbonyl (C=O) groups is 3. The fourth-order valence-electron chi connectivity index (χ4n) is 3.60. The van der Waals surface area contributed by atoms with Crippen LogP contribution in [0.5, 0.6) is 0 Å². The fraction of sp³-hybridized carbons (Fsp3) is 0.591. The van der Waals surface area contributed by atoms with Crippen molar-refractivity contribution < 1.29 is 14.4 Å². The van der Waals surface area contributed by atoms with Crippen molar-refractivity contribution in [3.05, 3.63) is 34.9 Å². The summed E-state index contributed by atoms with van der Waals surface area (Å²) in [5.74, 6) is -0.394. The maximum atomic E-state index is 12.7. The number of nitrogens with one attached hydrogen (secondary N) is 3. The molecule has 1 aromatic rings. The monoisotopic (exact) mass is 421 g/mol. The highest BCUT2D eigenvalue weighted by molar-refractivity contribution is 6.30. The van der Waals surface area contributed by atoms with Gasteiger partial charge in [-0.05, 0) is 49.9 Å². The number of hydrogen-bond donors (Lipinski definition) is 3. The minimum atomic E-state index is -0.782. The van der Waals surface area contributed by atoms with E-state index in [4.69, 9.17) is 11.6 Å². The van der Waals surface area contributed by atoms with Crippen LogP contribution in [0.2, 0.25) is 5.02 Å². The van der Waals surface area contributed by atoms with E-state index in [-0.39, 0.29) is 24.1 Å². The summed E-state index contributed by atoms with van der Waals surface area (Å²) in [5, 5.41) is 9.37. The molecule has 1 aromatic carbocycles. The van der Waals surface area contributed by atoms with Crippen molar-refractivity contribution in [3.63, 3.8) is 0 Å². The Morgan fingerprint density at radius 2 is 1.62 bits per heavy atom. The summed E-state index contributed by atoms with van der Waals surface area (Å²) in [6, 6.07) is 6.65. The lowest BCUT2D eigenvalue weighted by Crippen LogP contribution is -2.59. The number of hydrogen-bond acceptors (Lipinski definition) is 3. The Labute approximate surface area is 178 Å². The first-order valence-electron chi connectivity index (χ1n) is 10.6. The van der Waals surface area contributed by atoms with E-state index in [1.54, 1.807) is 24.3 Å². The molecule has 6 nitrogen and oxygen atoms in total. The van der Waals surface area contributed by atoms with Gasteiger partial charge in [0.2, 0.25) is 11.8 Å². The number of unbranched alkanes of at least 4 members (excludes halogenated alkanes) is 1. The Morgan fingerprint density at radius 3 is 2.28 bits per heavy atom. The van der Waals surface area contributed by atoms with Crippen molar-refractivity contribution in [1.29, 1.82) is 0 Å². The van der Waals surface area contributed by atoms with Crippen molar-refractivity contribution in [2.45, 2.75) is 70.3 Å². The standard InChI is InChI=1S/C22H32ClN3O3/c1-2-3-15-25-21(29)22(13-5-4-6-14-22)26-19(27)8-7-16-24-20(28)17-9-11-18(23)12-10-17/h9-12H,2-8,13-16H2,1H3,(H,24,28)(H,25,29)(H,26,27). The molecule has 160 valence electrons. The topological polar surface area (TPSA) is 87.3 Å². The molecule has 7 heteroatoms. The molecule has 29 heavy (non-hydrogen) atoms. The molecular formula is C22H32ClN3O3. The zero-order valence-electron chi connectivity index (χ0n) is 17.2. The molecule has 0 heterocycles. The van der Waals surface area contributed by atoms with E-state index in [0.29, 0.717) is 42.9 Å². The molecule has 0 spiro atoms. The van der Waals surface area contributed by atoms with E-state index in [2.05, 4.69) is 22.9 Å². The van der Waals surface area contributed by atoms with Gasteiger partial charge in [0.05, 0.1) is 0 Å². The van der Waals surface area contributed by atoms with Crippen molar-refractivity contribution in [2.75, 3.05) is 13.1 Å². The van der Waals surface area contributed by atoms with Gasteiger partial charge in [-0.25, -0.2) is 0 Å². The van der Waals surface area contributed by atoms with Crippen molar-refractivity contribution in [3.8, 4) is 0 Å². The van der Waals surface area contributed by atoms with Crippen LogP contribution >= 0.6 is 11.6 Å². The summed E-state index contributed by atoms with van der Waals surface area (Å²) in [4.78, 5) is 37.3. The average Bonchev–Trinajstić information content (AvgIpc) is 2.72. The molecule has 1 aliphatic carbocycles. The van der Waals surface area contributed by atoms with Gasteiger partial charge in [0.15, 0.2) is 0 Å². The van der Waals surface area contributed by atoms with E-state index < -0.39 is 5.54 Å². The number of amides is 3. The zero-order chi connectivity index (χ0) is 21.1. The zero-order valence-corrected chi connectivity index (χ0v) is 17.9. The van der Waals surface area contributed by atoms with Gasteiger partial charge >= 0.3 is 0 Å². The van der Waals surface area contributed by atoms with Crippen LogP contribution < -0.4 is 16.0 Å². The maximum absolute atomic E-state index is 12.7. The van der Waals surface area contributed by atoms with Crippen molar-refractivity contribution >= 4 is 29.3 Å². The van der Waals surface area contributed by atoms with E-state index in [1.807, 2.05) is 0 Å². The smallest absolute Gasteiger partial charge is 0.251 e. The highest BCUT2D eigenvalue weighted by Gasteiger charge is 2.40. The van der Waals surface area contributed by atoms with Crippen LogP contribution in [0.25, 0.3) is 0 Å². The summed E-state index contributed by atoms with van der Waals surface area (Å²) in [6.07, 6.45) is 7.08. The predicted octanol–water partition coefficient (Wildman–Crippen LogP) is 3.59. The van der Waals surface area contributed by atoms with Crippen LogP contribution in [-0.2, 0) is 9.59 Å². The van der Waals surface area contributed by atoms with Crippen LogP contribution in [0.1, 0.15) is 75.1 Å². The first kappa shape index (κ1) is 23.2. The Hall–Kier alpha value is -2.08. The van der Waals surface area contributed by atoms with Crippen LogP contribution in [0, 0.1) is 0 Å². The van der Waals surface area contributed by atoms with E-state index in [9.17, 15) is 14.4 Å². The molecule has 0 saturated heterocycles. The van der Waals surface area contributed by atoms with Gasteiger partial charge in [-0.1, -0.05) is 44.2 Å². The molecule has 1 fully saturated rings. The second-order valence-electron chi connectivity index (χ2n) is 7.67. The Morgan fingerprint density at radius 1 is 0.966 bits per heavy atom. The molecule has 3 amide bonds. The maximum Gasteiger partial charge on any atom is 0.251 e. The van der Waals surface area contributed by atoms with Gasteiger partial charge in [-0.3, -0.25) is 14.4 Å². The largest absolute Gasteiger partial charge is 0.354 e. The molecule has 2 rings (SSSR count). The minimum Gasteiger partial charge on any atom is -0.354 e. The third-order valence-electron chi connectivity index (χ3n) is 5.31. The molecule has 1 aliphatic rings. The predicted molar refractivity (Wildman–Crippen MR) is 115 cm³/mol. The SMILES string of the molecule is CCCCNC(=O)C1(NC(=O)CCCNC(=O)c2ccc(Cl)cc2)CCCCC1. The normalized spacial score (nSPS) is 15.4. The van der Waals surface area contributed by atoms with Crippen LogP contribution in [0.15, 0.2) is 24.3 Å². The lowest BCUT2D eigenvalue weighted by Gasteiger charge is -2.36. The van der Waals surface area contributed by atoms with E-state index in [1.165, 1.54) is 0 Å². The van der Waals surface area contributed by atoms with Crippen LogP contribution in [0.3, 0.4) is 0 Å². The fourth-order valence-corrected chi connectivity index (χ4v) is 3.72. The molecule has 0 radical (unpaired) electrons. The van der Waals surface area contributed by atoms with Gasteiger partial charge in [-0.2, -0.15) is 0 Å². The number of benzene rings is 1. The van der Waals surface area contributed by atoms with E-state index in [0.717, 1.165) is 32.1 Å². The van der Waals surface area contributed by atoms with E-state index >= 15 is 0 Å². The van der Waals surface area contributed by atoms with Crippen LogP contribution in [-0.4, -0.2) is 36.3 Å². The quantitative estimate of drug-likeness (QED) is 0.504. The minimum absolute atomic E-state index is 0.0601. The molecule has 3 N–H and O–H groups in total. The van der Waals surface area contributed by atoms with Crippen molar-refractivity contribution in [2.24, 2.45) is 0 Å². The summed E-state index contributed by atoms with van der Waals surface area (Å²) in [5.41, 5.74) is -0.251. The van der Waals surface area contributed by atoms with Gasteiger partial charge in [-0.15, -0.1) is 0 Å². The van der Waals surface area contributed by atoms with Gasteiger partial charge in [0.25, 0.3) is 5.91 Å². The molecule has 0 atom stereocenters. The summed E-state index contributed by atoms with van der Waals surface area (Å²) in [7, 11) is 0. The molecule has 0 aliphatic heterocycles.